The minimum atomic E-state index is -2.81. The van der Waals surface area contributed by atoms with Crippen LogP contribution in [0, 0.1) is 0 Å². The number of hydrogen-bond acceptors (Lipinski definition) is 1. The zero-order valence-corrected chi connectivity index (χ0v) is 10.5. The van der Waals surface area contributed by atoms with Crippen LogP contribution < -0.4 is 4.74 Å². The maximum Gasteiger partial charge on any atom is 0.387 e. The Morgan fingerprint density at radius 2 is 1.42 bits per heavy atom. The number of benzene rings is 3. The molecule has 0 spiro atoms. The Balaban J connectivity index is 2.18. The third kappa shape index (κ3) is 2.47. The van der Waals surface area contributed by atoms with Crippen LogP contribution in [0.25, 0.3) is 21.5 Å². The fourth-order valence-corrected chi connectivity index (χ4v) is 2.30. The molecule has 0 heterocycles. The molecule has 0 aliphatic heterocycles. The van der Waals surface area contributed by atoms with Crippen molar-refractivity contribution in [1.82, 2.24) is 0 Å². The summed E-state index contributed by atoms with van der Waals surface area (Å²) >= 11 is 5.95. The van der Waals surface area contributed by atoms with E-state index in [0.717, 1.165) is 21.5 Å². The highest BCUT2D eigenvalue weighted by atomic mass is 35.5. The zero-order chi connectivity index (χ0) is 13.4. The molecule has 0 atom stereocenters. The van der Waals surface area contributed by atoms with Crippen molar-refractivity contribution >= 4 is 33.1 Å². The van der Waals surface area contributed by atoms with E-state index in [1.165, 1.54) is 6.07 Å². The number of fused-ring (bicyclic) bond motifs is 2. The molecule has 3 aromatic carbocycles. The second-order valence-electron chi connectivity index (χ2n) is 4.23. The predicted octanol–water partition coefficient (Wildman–Crippen LogP) is 5.25. The van der Waals surface area contributed by atoms with Gasteiger partial charge in [0.05, 0.1) is 0 Å². The highest BCUT2D eigenvalue weighted by molar-refractivity contribution is 6.31. The minimum absolute atomic E-state index is 0.156. The molecule has 0 fully saturated rings. The van der Waals surface area contributed by atoms with E-state index in [1.807, 2.05) is 30.3 Å². The van der Waals surface area contributed by atoms with Crippen molar-refractivity contribution in [3.05, 3.63) is 53.6 Å². The van der Waals surface area contributed by atoms with Gasteiger partial charge in [0.1, 0.15) is 5.75 Å². The van der Waals surface area contributed by atoms with Crippen LogP contribution >= 0.6 is 11.6 Å². The van der Waals surface area contributed by atoms with Crippen molar-refractivity contribution in [2.24, 2.45) is 0 Å². The molecule has 96 valence electrons. The third-order valence-corrected chi connectivity index (χ3v) is 3.19. The predicted molar refractivity (Wildman–Crippen MR) is 73.1 cm³/mol. The van der Waals surface area contributed by atoms with Gasteiger partial charge in [0, 0.05) is 5.02 Å². The summed E-state index contributed by atoms with van der Waals surface area (Å²) in [6.07, 6.45) is 0. The van der Waals surface area contributed by atoms with E-state index in [0.29, 0.717) is 5.02 Å². The van der Waals surface area contributed by atoms with Crippen molar-refractivity contribution in [2.75, 3.05) is 0 Å². The summed E-state index contributed by atoms with van der Waals surface area (Å²) in [5, 5.41) is 4.48. The molecule has 0 saturated heterocycles. The van der Waals surface area contributed by atoms with Crippen LogP contribution in [0.15, 0.2) is 48.5 Å². The molecule has 0 unspecified atom stereocenters. The molecular weight excluding hydrogens is 270 g/mol. The van der Waals surface area contributed by atoms with Gasteiger partial charge in [-0.25, -0.2) is 0 Å². The highest BCUT2D eigenvalue weighted by Gasteiger charge is 2.05. The van der Waals surface area contributed by atoms with Gasteiger partial charge in [-0.1, -0.05) is 23.7 Å². The molecule has 0 aliphatic rings. The Morgan fingerprint density at radius 3 is 2.16 bits per heavy atom. The van der Waals surface area contributed by atoms with Crippen LogP contribution in [0.3, 0.4) is 0 Å². The van der Waals surface area contributed by atoms with Gasteiger partial charge in [-0.05, 0) is 57.9 Å². The van der Waals surface area contributed by atoms with Gasteiger partial charge < -0.3 is 4.74 Å². The van der Waals surface area contributed by atoms with Gasteiger partial charge in [-0.2, -0.15) is 8.78 Å². The van der Waals surface area contributed by atoms with E-state index in [4.69, 9.17) is 11.6 Å². The Hall–Kier alpha value is -1.87. The molecule has 3 rings (SSSR count). The van der Waals surface area contributed by atoms with Gasteiger partial charge in [0.2, 0.25) is 0 Å². The topological polar surface area (TPSA) is 9.23 Å². The Labute approximate surface area is 113 Å². The molecule has 0 saturated carbocycles. The molecular formula is C15H9ClF2O. The second kappa shape index (κ2) is 4.67. The van der Waals surface area contributed by atoms with Gasteiger partial charge in [-0.15, -0.1) is 0 Å². The summed E-state index contributed by atoms with van der Waals surface area (Å²) in [6.45, 7) is -2.81. The van der Waals surface area contributed by atoms with Crippen LogP contribution in [-0.4, -0.2) is 6.61 Å². The molecule has 0 N–H and O–H groups in total. The van der Waals surface area contributed by atoms with Gasteiger partial charge in [0.25, 0.3) is 0 Å². The maximum atomic E-state index is 12.2. The zero-order valence-electron chi connectivity index (χ0n) is 9.74. The first-order valence-electron chi connectivity index (χ1n) is 5.70. The van der Waals surface area contributed by atoms with Crippen LogP contribution in [0.1, 0.15) is 0 Å². The van der Waals surface area contributed by atoms with Gasteiger partial charge in [-0.3, -0.25) is 0 Å². The first-order chi connectivity index (χ1) is 9.11. The number of rotatable bonds is 2. The van der Waals surface area contributed by atoms with E-state index in [2.05, 4.69) is 4.74 Å². The third-order valence-electron chi connectivity index (χ3n) is 2.95. The number of alkyl halides is 2. The first kappa shape index (κ1) is 12.2. The fraction of sp³-hybridized carbons (Fsp3) is 0.0667. The molecule has 3 aromatic rings. The molecule has 4 heteroatoms. The molecule has 19 heavy (non-hydrogen) atoms. The quantitative estimate of drug-likeness (QED) is 0.582. The highest BCUT2D eigenvalue weighted by Crippen LogP contribution is 2.28. The smallest absolute Gasteiger partial charge is 0.387 e. The Morgan fingerprint density at radius 1 is 0.789 bits per heavy atom. The lowest BCUT2D eigenvalue weighted by Crippen LogP contribution is -2.01. The summed E-state index contributed by atoms with van der Waals surface area (Å²) in [5.74, 6) is 0.156. The van der Waals surface area contributed by atoms with Crippen LogP contribution in [-0.2, 0) is 0 Å². The van der Waals surface area contributed by atoms with E-state index in [1.54, 1.807) is 12.1 Å². The summed E-state index contributed by atoms with van der Waals surface area (Å²) in [5.41, 5.74) is 0. The monoisotopic (exact) mass is 278 g/mol. The molecule has 0 radical (unpaired) electrons. The number of ether oxygens (including phenoxy) is 1. The van der Waals surface area contributed by atoms with E-state index in [9.17, 15) is 8.78 Å². The maximum absolute atomic E-state index is 12.2. The SMILES string of the molecule is FC(F)Oc1ccc2cc3ccc(Cl)cc3cc2c1. The molecule has 1 nitrogen and oxygen atoms in total. The fourth-order valence-electron chi connectivity index (χ4n) is 2.12. The van der Waals surface area contributed by atoms with Crippen LogP contribution in [0.4, 0.5) is 8.78 Å². The van der Waals surface area contributed by atoms with E-state index < -0.39 is 6.61 Å². The number of halogens is 3. The van der Waals surface area contributed by atoms with E-state index in [-0.39, 0.29) is 5.75 Å². The molecule has 0 bridgehead atoms. The van der Waals surface area contributed by atoms with E-state index >= 15 is 0 Å². The van der Waals surface area contributed by atoms with Crippen molar-refractivity contribution in [3.8, 4) is 5.75 Å². The first-order valence-corrected chi connectivity index (χ1v) is 6.07. The van der Waals surface area contributed by atoms with Crippen LogP contribution in [0.5, 0.6) is 5.75 Å². The lowest BCUT2D eigenvalue weighted by Gasteiger charge is -2.07. The van der Waals surface area contributed by atoms with Crippen molar-refractivity contribution in [3.63, 3.8) is 0 Å². The second-order valence-corrected chi connectivity index (χ2v) is 4.67. The summed E-state index contributed by atoms with van der Waals surface area (Å²) < 4.78 is 28.8. The van der Waals surface area contributed by atoms with Crippen LogP contribution in [0.2, 0.25) is 5.02 Å². The molecule has 0 amide bonds. The lowest BCUT2D eigenvalue weighted by atomic mass is 10.0. The standard InChI is InChI=1S/C15H9ClF2O/c16-13-3-1-9-5-10-2-4-14(19-15(17)18)8-12(10)6-11(9)7-13/h1-8,15H. The van der Waals surface area contributed by atoms with Gasteiger partial charge >= 0.3 is 6.61 Å². The molecule has 0 aliphatic carbocycles. The van der Waals surface area contributed by atoms with Crippen molar-refractivity contribution in [1.29, 1.82) is 0 Å². The van der Waals surface area contributed by atoms with Crippen molar-refractivity contribution in [2.45, 2.75) is 6.61 Å². The average molecular weight is 279 g/mol. The summed E-state index contributed by atoms with van der Waals surface area (Å²) in [7, 11) is 0. The largest absolute Gasteiger partial charge is 0.435 e. The average Bonchev–Trinajstić information content (AvgIpc) is 2.35. The number of hydrogen-bond donors (Lipinski definition) is 0. The molecule has 0 aromatic heterocycles. The van der Waals surface area contributed by atoms with Gasteiger partial charge in [0.15, 0.2) is 0 Å². The Bertz CT molecular complexity index is 756. The minimum Gasteiger partial charge on any atom is -0.435 e. The normalized spacial score (nSPS) is 11.4. The summed E-state index contributed by atoms with van der Waals surface area (Å²) in [6, 6.07) is 14.4. The lowest BCUT2D eigenvalue weighted by molar-refractivity contribution is -0.0497. The van der Waals surface area contributed by atoms with Crippen molar-refractivity contribution < 1.29 is 13.5 Å². The summed E-state index contributed by atoms with van der Waals surface area (Å²) in [4.78, 5) is 0. The Kier molecular flexibility index (Phi) is 2.99.